The van der Waals surface area contributed by atoms with Crippen molar-refractivity contribution in [3.8, 4) is 5.75 Å². The fourth-order valence-corrected chi connectivity index (χ4v) is 1.04. The zero-order valence-corrected chi connectivity index (χ0v) is 8.75. The van der Waals surface area contributed by atoms with Crippen LogP contribution < -0.4 is 4.74 Å². The first-order valence-electron chi connectivity index (χ1n) is 4.67. The van der Waals surface area contributed by atoms with Crippen molar-refractivity contribution in [2.75, 3.05) is 6.61 Å². The molecule has 0 radical (unpaired) electrons. The molecule has 0 fully saturated rings. The fraction of sp³-hybridized carbons (Fsp3) is 0.273. The van der Waals surface area contributed by atoms with E-state index in [0.717, 1.165) is 6.92 Å². The van der Waals surface area contributed by atoms with E-state index in [2.05, 4.69) is 4.74 Å². The van der Waals surface area contributed by atoms with E-state index in [1.54, 1.807) is 24.3 Å². The Bertz CT molecular complexity index is 360. The van der Waals surface area contributed by atoms with Crippen LogP contribution in [-0.2, 0) is 14.3 Å². The number of hydrogen-bond donors (Lipinski definition) is 1. The summed E-state index contributed by atoms with van der Waals surface area (Å²) in [5.41, 5.74) is 0. The van der Waals surface area contributed by atoms with Gasteiger partial charge >= 0.3 is 11.9 Å². The molecule has 86 valence electrons. The van der Waals surface area contributed by atoms with Crippen LogP contribution in [0.2, 0.25) is 0 Å². The van der Waals surface area contributed by atoms with Gasteiger partial charge in [-0.1, -0.05) is 18.2 Å². The highest BCUT2D eigenvalue weighted by molar-refractivity contribution is 5.77. The lowest BCUT2D eigenvalue weighted by Crippen LogP contribution is -2.32. The Kier molecular flexibility index (Phi) is 4.32. The number of rotatable bonds is 5. The molecular formula is C11H12O5. The van der Waals surface area contributed by atoms with Crippen molar-refractivity contribution in [2.24, 2.45) is 0 Å². The van der Waals surface area contributed by atoms with Gasteiger partial charge in [0.2, 0.25) is 6.10 Å². The smallest absolute Gasteiger partial charge is 0.348 e. The number of carbonyl (C=O) groups is 2. The molecule has 0 aliphatic carbocycles. The quantitative estimate of drug-likeness (QED) is 0.757. The Labute approximate surface area is 92.6 Å². The van der Waals surface area contributed by atoms with Gasteiger partial charge in [-0.3, -0.25) is 4.79 Å². The highest BCUT2D eigenvalue weighted by atomic mass is 16.6. The molecule has 0 amide bonds. The first-order chi connectivity index (χ1) is 7.59. The maximum absolute atomic E-state index is 10.7. The summed E-state index contributed by atoms with van der Waals surface area (Å²) in [5.74, 6) is -1.35. The molecule has 16 heavy (non-hydrogen) atoms. The van der Waals surface area contributed by atoms with E-state index in [-0.39, 0.29) is 6.61 Å². The predicted molar refractivity (Wildman–Crippen MR) is 55.1 cm³/mol. The summed E-state index contributed by atoms with van der Waals surface area (Å²) < 4.78 is 9.74. The van der Waals surface area contributed by atoms with Crippen molar-refractivity contribution in [2.45, 2.75) is 13.0 Å². The molecule has 0 aromatic heterocycles. The molecule has 1 N–H and O–H groups in total. The highest BCUT2D eigenvalue weighted by Crippen LogP contribution is 2.09. The van der Waals surface area contributed by atoms with Crippen LogP contribution >= 0.6 is 0 Å². The topological polar surface area (TPSA) is 72.8 Å². The largest absolute Gasteiger partial charge is 0.489 e. The maximum atomic E-state index is 10.7. The third-order valence-electron chi connectivity index (χ3n) is 1.73. The lowest BCUT2D eigenvalue weighted by Gasteiger charge is -2.13. The number of esters is 1. The van der Waals surface area contributed by atoms with Crippen molar-refractivity contribution < 1.29 is 24.2 Å². The van der Waals surface area contributed by atoms with Gasteiger partial charge in [0.25, 0.3) is 0 Å². The number of aliphatic carboxylic acids is 1. The summed E-state index contributed by atoms with van der Waals surface area (Å²) in [4.78, 5) is 21.3. The summed E-state index contributed by atoms with van der Waals surface area (Å²) in [6.45, 7) is 0.942. The monoisotopic (exact) mass is 224 g/mol. The van der Waals surface area contributed by atoms with Crippen LogP contribution in [0.5, 0.6) is 5.75 Å². The lowest BCUT2D eigenvalue weighted by molar-refractivity contribution is -0.164. The van der Waals surface area contributed by atoms with Crippen molar-refractivity contribution in [1.82, 2.24) is 0 Å². The number of hydrogen-bond acceptors (Lipinski definition) is 4. The fourth-order valence-electron chi connectivity index (χ4n) is 1.04. The van der Waals surface area contributed by atoms with Gasteiger partial charge in [-0.2, -0.15) is 0 Å². The van der Waals surface area contributed by atoms with Gasteiger partial charge in [-0.15, -0.1) is 0 Å². The number of carboxylic acid groups (broad SMARTS) is 1. The average molecular weight is 224 g/mol. The van der Waals surface area contributed by atoms with Gasteiger partial charge < -0.3 is 14.6 Å². The van der Waals surface area contributed by atoms with E-state index < -0.39 is 18.0 Å². The van der Waals surface area contributed by atoms with E-state index >= 15 is 0 Å². The van der Waals surface area contributed by atoms with Gasteiger partial charge in [-0.25, -0.2) is 4.79 Å². The minimum absolute atomic E-state index is 0.209. The molecule has 0 aliphatic rings. The molecule has 0 heterocycles. The Morgan fingerprint density at radius 1 is 1.31 bits per heavy atom. The Morgan fingerprint density at radius 3 is 2.44 bits per heavy atom. The predicted octanol–water partition coefficient (Wildman–Crippen LogP) is 1.08. The Morgan fingerprint density at radius 2 is 1.94 bits per heavy atom. The van der Waals surface area contributed by atoms with Crippen molar-refractivity contribution in [1.29, 1.82) is 0 Å². The molecule has 0 saturated carbocycles. The Balaban J connectivity index is 2.50. The molecule has 0 spiro atoms. The lowest BCUT2D eigenvalue weighted by atomic mass is 10.3. The van der Waals surface area contributed by atoms with Gasteiger partial charge in [0.05, 0.1) is 0 Å². The third-order valence-corrected chi connectivity index (χ3v) is 1.73. The van der Waals surface area contributed by atoms with Crippen molar-refractivity contribution >= 4 is 11.9 Å². The van der Waals surface area contributed by atoms with Gasteiger partial charge in [0.1, 0.15) is 12.4 Å². The molecule has 0 aliphatic heterocycles. The van der Waals surface area contributed by atoms with Crippen LogP contribution in [-0.4, -0.2) is 29.8 Å². The van der Waals surface area contributed by atoms with Crippen LogP contribution in [0.25, 0.3) is 0 Å². The third kappa shape index (κ3) is 4.00. The van der Waals surface area contributed by atoms with E-state index in [9.17, 15) is 9.59 Å². The van der Waals surface area contributed by atoms with Crippen molar-refractivity contribution in [3.05, 3.63) is 30.3 Å². The van der Waals surface area contributed by atoms with E-state index in [1.807, 2.05) is 6.07 Å². The minimum Gasteiger partial charge on any atom is -0.489 e. The summed E-state index contributed by atoms with van der Waals surface area (Å²) in [6, 6.07) is 8.71. The van der Waals surface area contributed by atoms with E-state index in [0.29, 0.717) is 5.75 Å². The SMILES string of the molecule is CC(=O)O[C@H](COc1ccccc1)C(=O)O. The zero-order valence-electron chi connectivity index (χ0n) is 8.75. The summed E-state index contributed by atoms with van der Waals surface area (Å²) in [7, 11) is 0. The molecule has 0 bridgehead atoms. The van der Waals surface area contributed by atoms with E-state index in [4.69, 9.17) is 9.84 Å². The van der Waals surface area contributed by atoms with Gasteiger partial charge in [0, 0.05) is 6.92 Å². The summed E-state index contributed by atoms with van der Waals surface area (Å²) in [6.07, 6.45) is -1.28. The number of carbonyl (C=O) groups excluding carboxylic acids is 1. The van der Waals surface area contributed by atoms with Crippen LogP contribution in [0.4, 0.5) is 0 Å². The zero-order chi connectivity index (χ0) is 12.0. The molecule has 1 atom stereocenters. The van der Waals surface area contributed by atoms with Crippen LogP contribution in [0, 0.1) is 0 Å². The number of carboxylic acids is 1. The number of benzene rings is 1. The van der Waals surface area contributed by atoms with E-state index in [1.165, 1.54) is 0 Å². The van der Waals surface area contributed by atoms with Gasteiger partial charge in [0.15, 0.2) is 0 Å². The van der Waals surface area contributed by atoms with Crippen molar-refractivity contribution in [3.63, 3.8) is 0 Å². The molecule has 5 nitrogen and oxygen atoms in total. The van der Waals surface area contributed by atoms with Crippen LogP contribution in [0.15, 0.2) is 30.3 Å². The normalized spacial score (nSPS) is 11.6. The molecule has 1 rings (SSSR count). The second-order valence-electron chi connectivity index (χ2n) is 3.06. The molecule has 0 saturated heterocycles. The second kappa shape index (κ2) is 5.75. The Hall–Kier alpha value is -2.04. The molecule has 1 aromatic rings. The molecule has 0 unspecified atom stereocenters. The molecule has 1 aromatic carbocycles. The van der Waals surface area contributed by atoms with Crippen LogP contribution in [0.3, 0.4) is 0 Å². The van der Waals surface area contributed by atoms with Crippen LogP contribution in [0.1, 0.15) is 6.92 Å². The van der Waals surface area contributed by atoms with Gasteiger partial charge in [-0.05, 0) is 12.1 Å². The molecular weight excluding hydrogens is 212 g/mol. The average Bonchev–Trinajstić information content (AvgIpc) is 2.25. The maximum Gasteiger partial charge on any atom is 0.348 e. The highest BCUT2D eigenvalue weighted by Gasteiger charge is 2.21. The standard InChI is InChI=1S/C11H12O5/c1-8(12)16-10(11(13)14)7-15-9-5-3-2-4-6-9/h2-6,10H,7H2,1H3,(H,13,14)/t10-/m1/s1. The number of para-hydroxylation sites is 1. The second-order valence-corrected chi connectivity index (χ2v) is 3.06. The number of ether oxygens (including phenoxy) is 2. The molecule has 5 heteroatoms. The minimum atomic E-state index is -1.28. The summed E-state index contributed by atoms with van der Waals surface area (Å²) >= 11 is 0. The summed E-state index contributed by atoms with van der Waals surface area (Å²) in [5, 5.41) is 8.74. The first kappa shape index (κ1) is 12.0. The first-order valence-corrected chi connectivity index (χ1v) is 4.67.